The third kappa shape index (κ3) is 6.00. The number of imide groups is 1. The molecule has 2 aliphatic carbocycles. The zero-order chi connectivity index (χ0) is 30.1. The maximum atomic E-state index is 15.6. The van der Waals surface area contributed by atoms with Crippen LogP contribution < -0.4 is 16.1 Å². The molecule has 43 heavy (non-hydrogen) atoms. The van der Waals surface area contributed by atoms with Crippen LogP contribution in [0.15, 0.2) is 6.07 Å². The van der Waals surface area contributed by atoms with E-state index in [1.54, 1.807) is 0 Å². The molecular formula is C31H42ClFN5O5+. The van der Waals surface area contributed by atoms with E-state index in [9.17, 15) is 19.2 Å². The van der Waals surface area contributed by atoms with Gasteiger partial charge in [-0.15, -0.1) is 0 Å². The first-order valence-corrected chi connectivity index (χ1v) is 16.3. The predicted molar refractivity (Wildman–Crippen MR) is 156 cm³/mol. The number of rotatable bonds is 7. The van der Waals surface area contributed by atoms with Crippen molar-refractivity contribution in [2.75, 3.05) is 13.2 Å². The second-order valence-electron chi connectivity index (χ2n) is 12.9. The van der Waals surface area contributed by atoms with Gasteiger partial charge in [0, 0.05) is 67.8 Å². The van der Waals surface area contributed by atoms with Gasteiger partial charge in [-0.05, 0) is 38.2 Å². The van der Waals surface area contributed by atoms with Crippen LogP contribution in [0.25, 0.3) is 0 Å². The SMILES string of the molecule is O=C1CCC(N2Cc3c(Cl)cc(CNC(=O)OCC4CC[N+](C5CCCCC5)(C5CCCCC5)N4)c(F)c3C2=O)C(=O)N1. The summed E-state index contributed by atoms with van der Waals surface area (Å²) in [5.41, 5.74) is 4.08. The van der Waals surface area contributed by atoms with E-state index in [1.165, 1.54) is 75.2 Å². The fraction of sp³-hybridized carbons (Fsp3) is 0.677. The van der Waals surface area contributed by atoms with Crippen molar-refractivity contribution in [1.29, 1.82) is 0 Å². The van der Waals surface area contributed by atoms with E-state index in [0.717, 1.165) is 17.6 Å². The maximum absolute atomic E-state index is 15.6. The van der Waals surface area contributed by atoms with Crippen LogP contribution in [0.3, 0.4) is 0 Å². The van der Waals surface area contributed by atoms with E-state index >= 15 is 4.39 Å². The van der Waals surface area contributed by atoms with Gasteiger partial charge < -0.3 is 15.0 Å². The van der Waals surface area contributed by atoms with Crippen molar-refractivity contribution in [3.05, 3.63) is 33.6 Å². The van der Waals surface area contributed by atoms with Crippen molar-refractivity contribution in [2.45, 2.75) is 121 Å². The lowest BCUT2D eigenvalue weighted by molar-refractivity contribution is -1.00. The molecule has 6 rings (SSSR count). The van der Waals surface area contributed by atoms with E-state index in [1.807, 2.05) is 0 Å². The molecule has 4 amide bonds. The van der Waals surface area contributed by atoms with Crippen LogP contribution in [0.5, 0.6) is 0 Å². The molecule has 2 atom stereocenters. The Bertz CT molecular complexity index is 1260. The summed E-state index contributed by atoms with van der Waals surface area (Å²) in [7, 11) is 0. The monoisotopic (exact) mass is 618 g/mol. The maximum Gasteiger partial charge on any atom is 0.407 e. The summed E-state index contributed by atoms with van der Waals surface area (Å²) in [6.45, 7) is 1.07. The van der Waals surface area contributed by atoms with E-state index in [-0.39, 0.29) is 54.7 Å². The number of nitrogens with one attached hydrogen (secondary N) is 3. The second-order valence-corrected chi connectivity index (χ2v) is 13.3. The van der Waals surface area contributed by atoms with Crippen LogP contribution >= 0.6 is 11.6 Å². The lowest BCUT2D eigenvalue weighted by Gasteiger charge is -2.49. The molecule has 0 radical (unpaired) electrons. The number of carbonyl (C=O) groups excluding carboxylic acids is 4. The molecule has 2 saturated carbocycles. The lowest BCUT2D eigenvalue weighted by atomic mass is 9.87. The molecule has 234 valence electrons. The molecule has 4 fully saturated rings. The van der Waals surface area contributed by atoms with Crippen LogP contribution in [0.2, 0.25) is 5.02 Å². The van der Waals surface area contributed by atoms with E-state index in [0.29, 0.717) is 17.6 Å². The summed E-state index contributed by atoms with van der Waals surface area (Å²) in [5, 5.41) is 5.02. The Hall–Kier alpha value is -2.76. The number of alkyl carbamates (subject to hydrolysis) is 1. The number of ether oxygens (including phenoxy) is 1. The number of nitrogens with zero attached hydrogens (tertiary/aromatic N) is 2. The minimum absolute atomic E-state index is 0.0257. The number of quaternary nitrogens is 1. The topological polar surface area (TPSA) is 117 Å². The highest BCUT2D eigenvalue weighted by Crippen LogP contribution is 2.39. The van der Waals surface area contributed by atoms with Gasteiger partial charge in [0.15, 0.2) is 0 Å². The number of benzene rings is 1. The third-order valence-corrected chi connectivity index (χ3v) is 10.7. The number of carbonyl (C=O) groups is 4. The molecule has 2 saturated heterocycles. The Labute approximate surface area is 256 Å². The Morgan fingerprint density at radius 2 is 1.70 bits per heavy atom. The van der Waals surface area contributed by atoms with Gasteiger partial charge in [-0.25, -0.2) is 13.8 Å². The number of fused-ring (bicyclic) bond motifs is 1. The molecule has 5 aliphatic rings. The molecule has 3 heterocycles. The van der Waals surface area contributed by atoms with Crippen LogP contribution in [0.1, 0.15) is 105 Å². The number of hydrogen-bond donors (Lipinski definition) is 3. The van der Waals surface area contributed by atoms with E-state index < -0.39 is 35.7 Å². The van der Waals surface area contributed by atoms with Gasteiger partial charge in [0.05, 0.1) is 18.2 Å². The quantitative estimate of drug-likeness (QED) is 0.311. The van der Waals surface area contributed by atoms with Crippen LogP contribution in [0.4, 0.5) is 9.18 Å². The summed E-state index contributed by atoms with van der Waals surface area (Å²) in [4.78, 5) is 51.0. The van der Waals surface area contributed by atoms with Gasteiger partial charge in [-0.1, -0.05) is 24.4 Å². The van der Waals surface area contributed by atoms with Gasteiger partial charge in [0.1, 0.15) is 30.5 Å². The van der Waals surface area contributed by atoms with Crippen molar-refractivity contribution in [1.82, 2.24) is 21.0 Å². The molecule has 2 unspecified atom stereocenters. The normalized spacial score (nSPS) is 26.4. The minimum atomic E-state index is -0.873. The van der Waals surface area contributed by atoms with Crippen LogP contribution in [-0.2, 0) is 27.4 Å². The highest BCUT2D eigenvalue weighted by Gasteiger charge is 2.50. The molecule has 1 aromatic carbocycles. The van der Waals surface area contributed by atoms with Gasteiger partial charge in [0.25, 0.3) is 5.91 Å². The highest BCUT2D eigenvalue weighted by atomic mass is 35.5. The summed E-state index contributed by atoms with van der Waals surface area (Å²) >= 11 is 6.44. The molecule has 10 nitrogen and oxygen atoms in total. The molecular weight excluding hydrogens is 577 g/mol. The first kappa shape index (κ1) is 30.3. The molecule has 1 aromatic rings. The van der Waals surface area contributed by atoms with Crippen molar-refractivity contribution in [3.63, 3.8) is 0 Å². The highest BCUT2D eigenvalue weighted by molar-refractivity contribution is 6.32. The molecule has 0 aromatic heterocycles. The largest absolute Gasteiger partial charge is 0.448 e. The molecule has 3 aliphatic heterocycles. The zero-order valence-corrected chi connectivity index (χ0v) is 25.4. The Balaban J connectivity index is 1.05. The average Bonchev–Trinajstić information content (AvgIpc) is 3.61. The first-order chi connectivity index (χ1) is 20.8. The Kier molecular flexibility index (Phi) is 8.94. The van der Waals surface area contributed by atoms with Crippen molar-refractivity contribution in [3.8, 4) is 0 Å². The first-order valence-electron chi connectivity index (χ1n) is 16.0. The van der Waals surface area contributed by atoms with Gasteiger partial charge in [-0.2, -0.15) is 5.43 Å². The molecule has 12 heteroatoms. The van der Waals surface area contributed by atoms with Crippen LogP contribution in [0, 0.1) is 5.82 Å². The van der Waals surface area contributed by atoms with Gasteiger partial charge >= 0.3 is 6.09 Å². The van der Waals surface area contributed by atoms with Gasteiger partial charge in [-0.3, -0.25) is 19.7 Å². The zero-order valence-electron chi connectivity index (χ0n) is 24.6. The fourth-order valence-corrected chi connectivity index (χ4v) is 8.44. The summed E-state index contributed by atoms with van der Waals surface area (Å²) in [5.74, 6) is -2.41. The number of piperidine rings is 1. The Morgan fingerprint density at radius 3 is 2.35 bits per heavy atom. The number of halogens is 2. The lowest BCUT2D eigenvalue weighted by Crippen LogP contribution is -2.67. The second kappa shape index (κ2) is 12.7. The van der Waals surface area contributed by atoms with Crippen molar-refractivity contribution < 1.29 is 32.9 Å². The van der Waals surface area contributed by atoms with E-state index in [2.05, 4.69) is 16.1 Å². The Morgan fingerprint density at radius 1 is 1.02 bits per heavy atom. The average molecular weight is 619 g/mol. The number of hydrogen-bond acceptors (Lipinski definition) is 6. The summed E-state index contributed by atoms with van der Waals surface area (Å²) in [6, 6.07) is 1.84. The summed E-state index contributed by atoms with van der Waals surface area (Å²) < 4.78 is 22.1. The third-order valence-electron chi connectivity index (χ3n) is 10.3. The van der Waals surface area contributed by atoms with E-state index in [4.69, 9.17) is 16.3 Å². The standard InChI is InChI=1S/C31H41ClFN5O5/c32-24-15-19(28(33)27-23(24)17-37(30(27)41)25-11-12-26(39)35-29(25)40)16-34-31(42)43-18-20-13-14-38(36-20,21-7-3-1-4-8-21)22-9-5-2-6-10-22/h15,20-22,25,36H,1-14,16-18H2,(H-,34,35,39,40,42)/p+1. The van der Waals surface area contributed by atoms with Crippen LogP contribution in [-0.4, -0.2) is 70.6 Å². The smallest absolute Gasteiger partial charge is 0.407 e. The molecule has 0 spiro atoms. The number of amides is 4. The summed E-state index contributed by atoms with van der Waals surface area (Å²) in [6.07, 6.45) is 13.3. The molecule has 3 N–H and O–H groups in total. The van der Waals surface area contributed by atoms with Crippen molar-refractivity contribution >= 4 is 35.4 Å². The molecule has 0 bridgehead atoms. The van der Waals surface area contributed by atoms with Crippen molar-refractivity contribution in [2.24, 2.45) is 0 Å². The fourth-order valence-electron chi connectivity index (χ4n) is 8.15. The minimum Gasteiger partial charge on any atom is -0.448 e. The predicted octanol–water partition coefficient (Wildman–Crippen LogP) is 4.23. The van der Waals surface area contributed by atoms with Gasteiger partial charge in [0.2, 0.25) is 11.8 Å².